The fourth-order valence-corrected chi connectivity index (χ4v) is 2.44. The Balaban J connectivity index is 2.56. The van der Waals surface area contributed by atoms with E-state index in [0.29, 0.717) is 24.7 Å². The zero-order valence-corrected chi connectivity index (χ0v) is 11.2. The Morgan fingerprint density at radius 2 is 2.00 bits per heavy atom. The Kier molecular flexibility index (Phi) is 3.28. The van der Waals surface area contributed by atoms with E-state index in [1.807, 2.05) is 6.92 Å². The van der Waals surface area contributed by atoms with E-state index >= 15 is 0 Å². The van der Waals surface area contributed by atoms with Gasteiger partial charge in [-0.2, -0.15) is 0 Å². The van der Waals surface area contributed by atoms with Crippen LogP contribution in [0.4, 0.5) is 0 Å². The SMILES string of the molecule is Cc1c(C(C)C(=O)O)cc(Br)c2c1OCCO2. The van der Waals surface area contributed by atoms with E-state index in [2.05, 4.69) is 15.9 Å². The zero-order valence-electron chi connectivity index (χ0n) is 9.62. The number of carboxylic acids is 1. The van der Waals surface area contributed by atoms with Crippen molar-refractivity contribution in [2.45, 2.75) is 19.8 Å². The Labute approximate surface area is 108 Å². The molecular weight excluding hydrogens is 288 g/mol. The molecule has 92 valence electrons. The Morgan fingerprint density at radius 1 is 1.41 bits per heavy atom. The maximum absolute atomic E-state index is 11.0. The summed E-state index contributed by atoms with van der Waals surface area (Å²) in [5.41, 5.74) is 1.58. The van der Waals surface area contributed by atoms with Crippen LogP contribution >= 0.6 is 15.9 Å². The van der Waals surface area contributed by atoms with Gasteiger partial charge in [-0.05, 0) is 47.0 Å². The molecule has 4 nitrogen and oxygen atoms in total. The molecule has 5 heteroatoms. The van der Waals surface area contributed by atoms with Crippen LogP contribution in [-0.2, 0) is 4.79 Å². The van der Waals surface area contributed by atoms with Crippen LogP contribution in [0.3, 0.4) is 0 Å². The maximum Gasteiger partial charge on any atom is 0.310 e. The summed E-state index contributed by atoms with van der Waals surface area (Å²) >= 11 is 3.39. The quantitative estimate of drug-likeness (QED) is 0.912. The first kappa shape index (κ1) is 12.2. The van der Waals surface area contributed by atoms with Crippen LogP contribution in [0.25, 0.3) is 0 Å². The number of aliphatic carboxylic acids is 1. The summed E-state index contributed by atoms with van der Waals surface area (Å²) in [4.78, 5) is 11.0. The van der Waals surface area contributed by atoms with E-state index < -0.39 is 11.9 Å². The summed E-state index contributed by atoms with van der Waals surface area (Å²) in [6.45, 7) is 4.52. The topological polar surface area (TPSA) is 55.8 Å². The van der Waals surface area contributed by atoms with E-state index in [0.717, 1.165) is 15.6 Å². The van der Waals surface area contributed by atoms with Crippen molar-refractivity contribution < 1.29 is 19.4 Å². The minimum absolute atomic E-state index is 0.491. The van der Waals surface area contributed by atoms with Gasteiger partial charge in [0.2, 0.25) is 0 Å². The fourth-order valence-electron chi connectivity index (χ4n) is 1.90. The van der Waals surface area contributed by atoms with Gasteiger partial charge in [-0.15, -0.1) is 0 Å². The largest absolute Gasteiger partial charge is 0.486 e. The summed E-state index contributed by atoms with van der Waals surface area (Å²) in [5, 5.41) is 9.07. The second-order valence-corrected chi connectivity index (χ2v) is 4.84. The molecule has 0 spiro atoms. The van der Waals surface area contributed by atoms with Crippen LogP contribution in [-0.4, -0.2) is 24.3 Å². The van der Waals surface area contributed by atoms with E-state index in [-0.39, 0.29) is 0 Å². The number of halogens is 1. The third-order valence-electron chi connectivity index (χ3n) is 2.89. The molecule has 1 aromatic carbocycles. The highest BCUT2D eigenvalue weighted by molar-refractivity contribution is 9.10. The van der Waals surface area contributed by atoms with E-state index in [1.165, 1.54) is 0 Å². The predicted octanol–water partition coefficient (Wildman–Crippen LogP) is 2.72. The lowest BCUT2D eigenvalue weighted by Gasteiger charge is -2.24. The lowest BCUT2D eigenvalue weighted by molar-refractivity contribution is -0.138. The molecule has 1 aliphatic rings. The van der Waals surface area contributed by atoms with Crippen molar-refractivity contribution in [2.75, 3.05) is 13.2 Å². The highest BCUT2D eigenvalue weighted by Crippen LogP contribution is 2.43. The van der Waals surface area contributed by atoms with Crippen molar-refractivity contribution in [2.24, 2.45) is 0 Å². The zero-order chi connectivity index (χ0) is 12.6. The summed E-state index contributed by atoms with van der Waals surface area (Å²) < 4.78 is 11.8. The second kappa shape index (κ2) is 4.56. The first-order valence-electron chi connectivity index (χ1n) is 5.33. The second-order valence-electron chi connectivity index (χ2n) is 3.99. The minimum Gasteiger partial charge on any atom is -0.486 e. The lowest BCUT2D eigenvalue weighted by atomic mass is 9.95. The van der Waals surface area contributed by atoms with Gasteiger partial charge >= 0.3 is 5.97 Å². The standard InChI is InChI=1S/C12H13BrO4/c1-6-8(7(2)12(14)15)5-9(13)11-10(6)16-3-4-17-11/h5,7H,3-4H2,1-2H3,(H,14,15). The molecule has 0 radical (unpaired) electrons. The van der Waals surface area contributed by atoms with Gasteiger partial charge < -0.3 is 14.6 Å². The highest BCUT2D eigenvalue weighted by Gasteiger charge is 2.25. The Bertz CT molecular complexity index is 470. The van der Waals surface area contributed by atoms with Crippen LogP contribution in [0.15, 0.2) is 10.5 Å². The normalized spacial score (nSPS) is 15.5. The van der Waals surface area contributed by atoms with Crippen molar-refractivity contribution in [1.29, 1.82) is 0 Å². The number of carboxylic acid groups (broad SMARTS) is 1. The minimum atomic E-state index is -0.850. The molecular formula is C12H13BrO4. The lowest BCUT2D eigenvalue weighted by Crippen LogP contribution is -2.18. The third-order valence-corrected chi connectivity index (χ3v) is 3.48. The van der Waals surface area contributed by atoms with E-state index in [9.17, 15) is 4.79 Å². The predicted molar refractivity (Wildman–Crippen MR) is 65.9 cm³/mol. The molecule has 1 unspecified atom stereocenters. The summed E-state index contributed by atoms with van der Waals surface area (Å²) in [7, 11) is 0. The first-order chi connectivity index (χ1) is 8.02. The van der Waals surface area contributed by atoms with Crippen LogP contribution in [0.5, 0.6) is 11.5 Å². The molecule has 0 aromatic heterocycles. The molecule has 0 saturated heterocycles. The molecule has 1 aromatic rings. The fraction of sp³-hybridized carbons (Fsp3) is 0.417. The first-order valence-corrected chi connectivity index (χ1v) is 6.13. The number of hydrogen-bond acceptors (Lipinski definition) is 3. The third kappa shape index (κ3) is 2.11. The number of benzene rings is 1. The summed E-state index contributed by atoms with van der Waals surface area (Å²) in [6.07, 6.45) is 0. The van der Waals surface area contributed by atoms with Gasteiger partial charge in [0.15, 0.2) is 11.5 Å². The van der Waals surface area contributed by atoms with Gasteiger partial charge in [-0.1, -0.05) is 0 Å². The number of ether oxygens (including phenoxy) is 2. The molecule has 0 bridgehead atoms. The Hall–Kier alpha value is -1.23. The molecule has 17 heavy (non-hydrogen) atoms. The molecule has 0 amide bonds. The Morgan fingerprint density at radius 3 is 2.59 bits per heavy atom. The molecule has 1 N–H and O–H groups in total. The van der Waals surface area contributed by atoms with E-state index in [1.54, 1.807) is 13.0 Å². The highest BCUT2D eigenvalue weighted by atomic mass is 79.9. The van der Waals surface area contributed by atoms with Gasteiger partial charge in [0.1, 0.15) is 13.2 Å². The molecule has 0 saturated carbocycles. The smallest absolute Gasteiger partial charge is 0.310 e. The van der Waals surface area contributed by atoms with Gasteiger partial charge in [-0.3, -0.25) is 4.79 Å². The number of hydrogen-bond donors (Lipinski definition) is 1. The van der Waals surface area contributed by atoms with Gasteiger partial charge in [0, 0.05) is 0 Å². The average Bonchev–Trinajstić information content (AvgIpc) is 2.33. The molecule has 0 fully saturated rings. The van der Waals surface area contributed by atoms with Crippen LogP contribution in [0, 0.1) is 6.92 Å². The summed E-state index contributed by atoms with van der Waals surface area (Å²) in [5.74, 6) is -0.109. The van der Waals surface area contributed by atoms with Crippen molar-refractivity contribution >= 4 is 21.9 Å². The molecule has 1 atom stereocenters. The van der Waals surface area contributed by atoms with Crippen molar-refractivity contribution in [3.63, 3.8) is 0 Å². The van der Waals surface area contributed by atoms with Crippen molar-refractivity contribution in [1.82, 2.24) is 0 Å². The van der Waals surface area contributed by atoms with Crippen LogP contribution in [0.1, 0.15) is 24.0 Å². The van der Waals surface area contributed by atoms with E-state index in [4.69, 9.17) is 14.6 Å². The molecule has 2 rings (SSSR count). The van der Waals surface area contributed by atoms with Crippen LogP contribution < -0.4 is 9.47 Å². The maximum atomic E-state index is 11.0. The van der Waals surface area contributed by atoms with Gasteiger partial charge in [-0.25, -0.2) is 0 Å². The number of carbonyl (C=O) groups is 1. The average molecular weight is 301 g/mol. The molecule has 0 aliphatic carbocycles. The molecule has 1 heterocycles. The molecule has 1 aliphatic heterocycles. The number of rotatable bonds is 2. The summed E-state index contributed by atoms with van der Waals surface area (Å²) in [6, 6.07) is 1.79. The van der Waals surface area contributed by atoms with Gasteiger partial charge in [0.05, 0.1) is 10.4 Å². The number of fused-ring (bicyclic) bond motifs is 1. The van der Waals surface area contributed by atoms with Crippen LogP contribution in [0.2, 0.25) is 0 Å². The van der Waals surface area contributed by atoms with Gasteiger partial charge in [0.25, 0.3) is 0 Å². The van der Waals surface area contributed by atoms with Crippen molar-refractivity contribution in [3.8, 4) is 11.5 Å². The van der Waals surface area contributed by atoms with Crippen molar-refractivity contribution in [3.05, 3.63) is 21.7 Å². The monoisotopic (exact) mass is 300 g/mol.